The quantitative estimate of drug-likeness (QED) is 0.560. The monoisotopic (exact) mass is 356 g/mol. The van der Waals surface area contributed by atoms with Gasteiger partial charge in [-0.25, -0.2) is 9.78 Å². The summed E-state index contributed by atoms with van der Waals surface area (Å²) in [5, 5.41) is 1.90. The van der Waals surface area contributed by atoms with Crippen LogP contribution >= 0.6 is 34.2 Å². The van der Waals surface area contributed by atoms with E-state index in [1.807, 2.05) is 5.32 Å². The first kappa shape index (κ1) is 12.9. The fourth-order valence-electron chi connectivity index (χ4n) is 0.888. The first-order valence-electron chi connectivity index (χ1n) is 3.91. The van der Waals surface area contributed by atoms with Gasteiger partial charge >= 0.3 is 6.03 Å². The molecule has 7 nitrogen and oxygen atoms in total. The average molecular weight is 357 g/mol. The number of rotatable bonds is 2. The van der Waals surface area contributed by atoms with Crippen LogP contribution in [0.15, 0.2) is 11.1 Å². The van der Waals surface area contributed by atoms with E-state index in [-0.39, 0.29) is 15.3 Å². The topological polar surface area (TPSA) is 107 Å². The Morgan fingerprint density at radius 1 is 1.62 bits per heavy atom. The number of carbonyl (C=O) groups is 2. The fourth-order valence-corrected chi connectivity index (χ4v) is 1.46. The number of nitrogens with one attached hydrogen (secondary N) is 1. The van der Waals surface area contributed by atoms with Crippen molar-refractivity contribution in [2.45, 2.75) is 6.54 Å². The number of halogens is 2. The minimum atomic E-state index is -0.977. The molecule has 0 bridgehead atoms. The molecule has 0 aromatic carbocycles. The lowest BCUT2D eigenvalue weighted by Gasteiger charge is -2.05. The summed E-state index contributed by atoms with van der Waals surface area (Å²) in [6.07, 6.45) is 1.12. The minimum absolute atomic E-state index is 0.0668. The second-order valence-electron chi connectivity index (χ2n) is 2.69. The average Bonchev–Trinajstić information content (AvgIpc) is 2.18. The molecule has 16 heavy (non-hydrogen) atoms. The molecule has 1 aromatic heterocycles. The fraction of sp³-hybridized carbons (Fsp3) is 0.143. The Morgan fingerprint density at radius 3 is 2.81 bits per heavy atom. The zero-order chi connectivity index (χ0) is 12.3. The van der Waals surface area contributed by atoms with Gasteiger partial charge in [0.25, 0.3) is 5.56 Å². The Kier molecular flexibility index (Phi) is 4.24. The second-order valence-corrected chi connectivity index (χ2v) is 4.13. The van der Waals surface area contributed by atoms with Crippen molar-refractivity contribution in [2.24, 2.45) is 5.73 Å². The summed E-state index contributed by atoms with van der Waals surface area (Å²) in [5.41, 5.74) is 4.28. The number of carbonyl (C=O) groups excluding carboxylic acids is 2. The summed E-state index contributed by atoms with van der Waals surface area (Å²) >= 11 is 7.32. The van der Waals surface area contributed by atoms with Crippen LogP contribution in [-0.2, 0) is 11.3 Å². The van der Waals surface area contributed by atoms with E-state index in [0.29, 0.717) is 0 Å². The SMILES string of the molecule is NC(=O)NC(=O)Cn1cnc(Cl)c(I)c1=O. The van der Waals surface area contributed by atoms with Gasteiger partial charge < -0.3 is 5.73 Å². The summed E-state index contributed by atoms with van der Waals surface area (Å²) < 4.78 is 1.22. The van der Waals surface area contributed by atoms with Crippen LogP contribution in [0.5, 0.6) is 0 Å². The van der Waals surface area contributed by atoms with Gasteiger partial charge in [0.05, 0.1) is 6.33 Å². The molecule has 0 aliphatic rings. The molecule has 0 aliphatic heterocycles. The third kappa shape index (κ3) is 3.17. The Labute approximate surface area is 108 Å². The molecular weight excluding hydrogens is 350 g/mol. The zero-order valence-electron chi connectivity index (χ0n) is 7.74. The Morgan fingerprint density at radius 2 is 2.25 bits per heavy atom. The number of primary amides is 1. The van der Waals surface area contributed by atoms with E-state index in [1.54, 1.807) is 22.6 Å². The number of hydrogen-bond donors (Lipinski definition) is 2. The van der Waals surface area contributed by atoms with E-state index in [0.717, 1.165) is 10.9 Å². The molecule has 0 radical (unpaired) electrons. The van der Waals surface area contributed by atoms with Gasteiger partial charge in [-0.2, -0.15) is 0 Å². The van der Waals surface area contributed by atoms with Crippen LogP contribution < -0.4 is 16.6 Å². The molecule has 1 aromatic rings. The molecular formula is C7H6ClIN4O3. The lowest BCUT2D eigenvalue weighted by atomic mass is 10.5. The van der Waals surface area contributed by atoms with Gasteiger partial charge in [-0.05, 0) is 22.6 Å². The second kappa shape index (κ2) is 5.25. The lowest BCUT2D eigenvalue weighted by Crippen LogP contribution is -2.39. The van der Waals surface area contributed by atoms with E-state index in [9.17, 15) is 14.4 Å². The Hall–Kier alpha value is -1.16. The summed E-state index contributed by atoms with van der Waals surface area (Å²) in [6.45, 7) is -0.345. The van der Waals surface area contributed by atoms with Crippen LogP contribution in [0.3, 0.4) is 0 Å². The van der Waals surface area contributed by atoms with Crippen LogP contribution in [0.25, 0.3) is 0 Å². The van der Waals surface area contributed by atoms with Crippen molar-refractivity contribution >= 4 is 46.1 Å². The summed E-state index contributed by atoms with van der Waals surface area (Å²) in [7, 11) is 0. The number of nitrogens with zero attached hydrogens (tertiary/aromatic N) is 2. The molecule has 3 N–H and O–H groups in total. The van der Waals surface area contributed by atoms with Crippen LogP contribution in [0.4, 0.5) is 4.79 Å². The van der Waals surface area contributed by atoms with E-state index >= 15 is 0 Å². The normalized spacial score (nSPS) is 9.88. The Balaban J connectivity index is 2.91. The van der Waals surface area contributed by atoms with Gasteiger partial charge in [-0.15, -0.1) is 0 Å². The maximum atomic E-state index is 11.5. The third-order valence-electron chi connectivity index (χ3n) is 1.52. The van der Waals surface area contributed by atoms with Crippen LogP contribution in [-0.4, -0.2) is 21.5 Å². The zero-order valence-corrected chi connectivity index (χ0v) is 10.7. The van der Waals surface area contributed by atoms with Crippen molar-refractivity contribution in [3.63, 3.8) is 0 Å². The minimum Gasteiger partial charge on any atom is -0.351 e. The first-order valence-corrected chi connectivity index (χ1v) is 5.37. The van der Waals surface area contributed by atoms with Crippen molar-refractivity contribution in [1.29, 1.82) is 0 Å². The highest BCUT2D eigenvalue weighted by Crippen LogP contribution is 2.09. The maximum absolute atomic E-state index is 11.5. The van der Waals surface area contributed by atoms with Crippen LogP contribution in [0, 0.1) is 3.57 Å². The van der Waals surface area contributed by atoms with Gasteiger partial charge in [0, 0.05) is 0 Å². The van der Waals surface area contributed by atoms with Crippen molar-refractivity contribution in [3.8, 4) is 0 Å². The number of amides is 3. The van der Waals surface area contributed by atoms with E-state index in [2.05, 4.69) is 4.98 Å². The van der Waals surface area contributed by atoms with E-state index < -0.39 is 17.5 Å². The molecule has 1 heterocycles. The number of nitrogens with two attached hydrogens (primary N) is 1. The number of urea groups is 1. The Bertz CT molecular complexity index is 501. The standard InChI is InChI=1S/C7H6ClIN4O3/c8-5-4(9)6(15)13(2-11-5)1-3(14)12-7(10)16/h2H,1H2,(H3,10,12,14,16). The van der Waals surface area contributed by atoms with Gasteiger partial charge in [-0.3, -0.25) is 19.5 Å². The highest BCUT2D eigenvalue weighted by atomic mass is 127. The molecule has 1 rings (SSSR count). The summed E-state index contributed by atoms with van der Waals surface area (Å²) in [6, 6.07) is -0.977. The lowest BCUT2D eigenvalue weighted by molar-refractivity contribution is -0.120. The molecule has 0 saturated heterocycles. The molecule has 86 valence electrons. The van der Waals surface area contributed by atoms with Gasteiger partial charge in [-0.1, -0.05) is 11.6 Å². The van der Waals surface area contributed by atoms with Crippen molar-refractivity contribution in [3.05, 3.63) is 25.4 Å². The maximum Gasteiger partial charge on any atom is 0.318 e. The highest BCUT2D eigenvalue weighted by molar-refractivity contribution is 14.1. The summed E-state index contributed by atoms with van der Waals surface area (Å²) in [4.78, 5) is 36.7. The molecule has 0 saturated carbocycles. The van der Waals surface area contributed by atoms with E-state index in [1.165, 1.54) is 0 Å². The molecule has 0 spiro atoms. The smallest absolute Gasteiger partial charge is 0.318 e. The predicted molar refractivity (Wildman–Crippen MR) is 64.0 cm³/mol. The molecule has 0 aliphatic carbocycles. The number of hydrogen-bond acceptors (Lipinski definition) is 4. The third-order valence-corrected chi connectivity index (χ3v) is 3.09. The highest BCUT2D eigenvalue weighted by Gasteiger charge is 2.10. The van der Waals surface area contributed by atoms with Crippen molar-refractivity contribution in [2.75, 3.05) is 0 Å². The van der Waals surface area contributed by atoms with Crippen LogP contribution in [0.2, 0.25) is 5.15 Å². The first-order chi connectivity index (χ1) is 7.41. The van der Waals surface area contributed by atoms with Crippen molar-refractivity contribution in [1.82, 2.24) is 14.9 Å². The van der Waals surface area contributed by atoms with Gasteiger partial charge in [0.15, 0.2) is 0 Å². The molecule has 3 amide bonds. The predicted octanol–water partition coefficient (Wildman–Crippen LogP) is -0.304. The van der Waals surface area contributed by atoms with Gasteiger partial charge in [0.2, 0.25) is 5.91 Å². The molecule has 9 heteroatoms. The number of imide groups is 1. The molecule has 0 fully saturated rings. The van der Waals surface area contributed by atoms with Gasteiger partial charge in [0.1, 0.15) is 15.3 Å². The van der Waals surface area contributed by atoms with E-state index in [4.69, 9.17) is 17.3 Å². The molecule has 0 unspecified atom stereocenters. The largest absolute Gasteiger partial charge is 0.351 e. The van der Waals surface area contributed by atoms with Crippen molar-refractivity contribution < 1.29 is 9.59 Å². The number of aromatic nitrogens is 2. The summed E-state index contributed by atoms with van der Waals surface area (Å²) in [5.74, 6) is -0.700. The molecule has 0 atom stereocenters. The van der Waals surface area contributed by atoms with Crippen LogP contribution in [0.1, 0.15) is 0 Å².